The first-order valence-corrected chi connectivity index (χ1v) is 7.69. The molecule has 0 unspecified atom stereocenters. The maximum atomic E-state index is 12.4. The van der Waals surface area contributed by atoms with Crippen LogP contribution in [0.3, 0.4) is 0 Å². The number of carbonyl (C=O) groups is 2. The molecule has 0 saturated carbocycles. The van der Waals surface area contributed by atoms with E-state index in [1.165, 1.54) is 11.1 Å². The van der Waals surface area contributed by atoms with Crippen molar-refractivity contribution in [2.45, 2.75) is 6.54 Å². The molecule has 0 aliphatic rings. The molecule has 0 fully saturated rings. The lowest BCUT2D eigenvalue weighted by Crippen LogP contribution is -2.34. The van der Waals surface area contributed by atoms with Crippen molar-refractivity contribution < 1.29 is 9.59 Å². The van der Waals surface area contributed by atoms with E-state index in [0.29, 0.717) is 17.2 Å². The van der Waals surface area contributed by atoms with E-state index in [-0.39, 0.29) is 18.5 Å². The standard InChI is InChI=1S/C17H18N6O2/c1-23(2)17(25)19-10-12-9-11(7-8-18-12)15(24)22-16-20-13-5-3-4-6-14(13)21-16/h3-9H,10H2,1-2H3,(H,19,25)(H2,20,21,22,24). The zero-order chi connectivity index (χ0) is 17.8. The Morgan fingerprint density at radius 2 is 2.00 bits per heavy atom. The number of urea groups is 1. The van der Waals surface area contributed by atoms with Gasteiger partial charge in [0.05, 0.1) is 23.3 Å². The quantitative estimate of drug-likeness (QED) is 0.677. The molecule has 3 rings (SSSR count). The van der Waals surface area contributed by atoms with Crippen molar-refractivity contribution in [3.63, 3.8) is 0 Å². The number of para-hydroxylation sites is 2. The summed E-state index contributed by atoms with van der Waals surface area (Å²) >= 11 is 0. The molecule has 1 aromatic carbocycles. The average molecular weight is 338 g/mol. The second-order valence-corrected chi connectivity index (χ2v) is 5.65. The van der Waals surface area contributed by atoms with Crippen molar-refractivity contribution in [2.75, 3.05) is 19.4 Å². The second-order valence-electron chi connectivity index (χ2n) is 5.65. The molecule has 25 heavy (non-hydrogen) atoms. The molecule has 3 amide bonds. The molecule has 8 heteroatoms. The van der Waals surface area contributed by atoms with Gasteiger partial charge in [-0.05, 0) is 24.3 Å². The summed E-state index contributed by atoms with van der Waals surface area (Å²) in [6.07, 6.45) is 1.53. The highest BCUT2D eigenvalue weighted by molar-refractivity contribution is 6.03. The van der Waals surface area contributed by atoms with Crippen LogP contribution in [0.1, 0.15) is 16.1 Å². The minimum absolute atomic E-state index is 0.223. The van der Waals surface area contributed by atoms with Crippen molar-refractivity contribution in [1.82, 2.24) is 25.2 Å². The number of nitrogens with one attached hydrogen (secondary N) is 3. The molecule has 0 aliphatic heterocycles. The lowest BCUT2D eigenvalue weighted by molar-refractivity contribution is 0.102. The Morgan fingerprint density at radius 3 is 2.76 bits per heavy atom. The van der Waals surface area contributed by atoms with Gasteiger partial charge in [-0.3, -0.25) is 15.1 Å². The third kappa shape index (κ3) is 3.92. The van der Waals surface area contributed by atoms with Crippen LogP contribution in [0.15, 0.2) is 42.6 Å². The van der Waals surface area contributed by atoms with Gasteiger partial charge in [-0.15, -0.1) is 0 Å². The molecule has 8 nitrogen and oxygen atoms in total. The first kappa shape index (κ1) is 16.4. The smallest absolute Gasteiger partial charge is 0.317 e. The highest BCUT2D eigenvalue weighted by Gasteiger charge is 2.11. The average Bonchev–Trinajstić information content (AvgIpc) is 3.02. The van der Waals surface area contributed by atoms with Gasteiger partial charge in [0.2, 0.25) is 5.95 Å². The fourth-order valence-electron chi connectivity index (χ4n) is 2.23. The van der Waals surface area contributed by atoms with Crippen LogP contribution in [0.4, 0.5) is 10.7 Å². The number of fused-ring (bicyclic) bond motifs is 1. The summed E-state index contributed by atoms with van der Waals surface area (Å²) in [5.41, 5.74) is 2.65. The Kier molecular flexibility index (Phi) is 4.60. The number of rotatable bonds is 4. The van der Waals surface area contributed by atoms with Gasteiger partial charge in [0.1, 0.15) is 0 Å². The van der Waals surface area contributed by atoms with Crippen molar-refractivity contribution >= 4 is 28.9 Å². The van der Waals surface area contributed by atoms with E-state index >= 15 is 0 Å². The predicted molar refractivity (Wildman–Crippen MR) is 94.2 cm³/mol. The first-order valence-electron chi connectivity index (χ1n) is 7.69. The van der Waals surface area contributed by atoms with E-state index in [1.54, 1.807) is 26.2 Å². The number of amides is 3. The number of imidazole rings is 1. The minimum Gasteiger partial charge on any atom is -0.332 e. The zero-order valence-electron chi connectivity index (χ0n) is 13.9. The summed E-state index contributed by atoms with van der Waals surface area (Å²) in [5.74, 6) is 0.0760. The first-order chi connectivity index (χ1) is 12.0. The molecular weight excluding hydrogens is 320 g/mol. The number of H-pyrrole nitrogens is 1. The molecule has 0 saturated heterocycles. The third-order valence-electron chi connectivity index (χ3n) is 3.53. The van der Waals surface area contributed by atoms with E-state index in [0.717, 1.165) is 11.0 Å². The number of hydrogen-bond acceptors (Lipinski definition) is 4. The van der Waals surface area contributed by atoms with Crippen molar-refractivity contribution in [3.8, 4) is 0 Å². The van der Waals surface area contributed by atoms with E-state index in [2.05, 4.69) is 25.6 Å². The number of nitrogens with zero attached hydrogens (tertiary/aromatic N) is 3. The van der Waals surface area contributed by atoms with Crippen LogP contribution in [0.25, 0.3) is 11.0 Å². The molecule has 128 valence electrons. The predicted octanol–water partition coefficient (Wildman–Crippen LogP) is 1.98. The van der Waals surface area contributed by atoms with E-state index in [9.17, 15) is 9.59 Å². The number of benzene rings is 1. The SMILES string of the molecule is CN(C)C(=O)NCc1cc(C(=O)Nc2nc3ccccc3[nH]2)ccn1. The molecule has 0 spiro atoms. The number of hydrogen-bond donors (Lipinski definition) is 3. The zero-order valence-corrected chi connectivity index (χ0v) is 13.9. The highest BCUT2D eigenvalue weighted by atomic mass is 16.2. The van der Waals surface area contributed by atoms with Crippen molar-refractivity contribution in [1.29, 1.82) is 0 Å². The number of carbonyl (C=O) groups excluding carboxylic acids is 2. The van der Waals surface area contributed by atoms with Gasteiger partial charge < -0.3 is 15.2 Å². The molecule has 2 aromatic heterocycles. The Bertz CT molecular complexity index is 885. The molecule has 2 heterocycles. The van der Waals surface area contributed by atoms with Gasteiger partial charge in [-0.2, -0.15) is 0 Å². The Balaban J connectivity index is 1.69. The van der Waals surface area contributed by atoms with Gasteiger partial charge in [-0.25, -0.2) is 9.78 Å². The maximum Gasteiger partial charge on any atom is 0.317 e. The number of aromatic nitrogens is 3. The molecule has 0 radical (unpaired) electrons. The largest absolute Gasteiger partial charge is 0.332 e. The number of pyridine rings is 1. The fraction of sp³-hybridized carbons (Fsp3) is 0.176. The molecule has 3 N–H and O–H groups in total. The van der Waals surface area contributed by atoms with Crippen LogP contribution >= 0.6 is 0 Å². The number of anilines is 1. The van der Waals surface area contributed by atoms with Crippen LogP contribution in [0, 0.1) is 0 Å². The Labute approximate surface area is 144 Å². The van der Waals surface area contributed by atoms with Gasteiger partial charge in [-0.1, -0.05) is 12.1 Å². The minimum atomic E-state index is -0.304. The fourth-order valence-corrected chi connectivity index (χ4v) is 2.23. The molecule has 0 aliphatic carbocycles. The third-order valence-corrected chi connectivity index (χ3v) is 3.53. The summed E-state index contributed by atoms with van der Waals surface area (Å²) in [7, 11) is 3.31. The van der Waals surface area contributed by atoms with Gasteiger partial charge in [0.15, 0.2) is 0 Å². The van der Waals surface area contributed by atoms with Crippen molar-refractivity contribution in [3.05, 3.63) is 53.9 Å². The van der Waals surface area contributed by atoms with Gasteiger partial charge in [0.25, 0.3) is 5.91 Å². The Hall–Kier alpha value is -3.42. The topological polar surface area (TPSA) is 103 Å². The van der Waals surface area contributed by atoms with Gasteiger partial charge >= 0.3 is 6.03 Å². The van der Waals surface area contributed by atoms with Gasteiger partial charge in [0, 0.05) is 25.9 Å². The van der Waals surface area contributed by atoms with E-state index < -0.39 is 0 Å². The van der Waals surface area contributed by atoms with Crippen LogP contribution in [-0.4, -0.2) is 45.9 Å². The lowest BCUT2D eigenvalue weighted by Gasteiger charge is -2.11. The summed E-state index contributed by atoms with van der Waals surface area (Å²) < 4.78 is 0. The summed E-state index contributed by atoms with van der Waals surface area (Å²) in [4.78, 5) is 36.9. The summed E-state index contributed by atoms with van der Waals surface area (Å²) in [6.45, 7) is 0.239. The molecule has 3 aromatic rings. The summed E-state index contributed by atoms with van der Waals surface area (Å²) in [5, 5.41) is 5.44. The summed E-state index contributed by atoms with van der Waals surface area (Å²) in [6, 6.07) is 10.5. The maximum absolute atomic E-state index is 12.4. The van der Waals surface area contributed by atoms with Crippen LogP contribution in [-0.2, 0) is 6.54 Å². The van der Waals surface area contributed by atoms with Crippen LogP contribution in [0.2, 0.25) is 0 Å². The normalized spacial score (nSPS) is 10.5. The molecular formula is C17H18N6O2. The highest BCUT2D eigenvalue weighted by Crippen LogP contribution is 2.14. The lowest BCUT2D eigenvalue weighted by atomic mass is 10.2. The Morgan fingerprint density at radius 1 is 1.20 bits per heavy atom. The molecule has 0 bridgehead atoms. The molecule has 0 atom stereocenters. The van der Waals surface area contributed by atoms with E-state index in [4.69, 9.17) is 0 Å². The monoisotopic (exact) mass is 338 g/mol. The van der Waals surface area contributed by atoms with Crippen LogP contribution in [0.5, 0.6) is 0 Å². The van der Waals surface area contributed by atoms with Crippen molar-refractivity contribution in [2.24, 2.45) is 0 Å². The van der Waals surface area contributed by atoms with E-state index in [1.807, 2.05) is 24.3 Å². The second kappa shape index (κ2) is 7.00. The number of aromatic amines is 1. The van der Waals surface area contributed by atoms with Crippen LogP contribution < -0.4 is 10.6 Å².